The zero-order valence-electron chi connectivity index (χ0n) is 15.0. The molecule has 1 atom stereocenters. The molecule has 6 nitrogen and oxygen atoms in total. The minimum Gasteiger partial charge on any atom is -0.335 e. The van der Waals surface area contributed by atoms with E-state index in [1.165, 1.54) is 12.4 Å². The van der Waals surface area contributed by atoms with Gasteiger partial charge in [0.05, 0.1) is 5.69 Å². The summed E-state index contributed by atoms with van der Waals surface area (Å²) in [5.74, 6) is -0.225. The highest BCUT2D eigenvalue weighted by atomic mass is 19.1. The number of halogens is 1. The van der Waals surface area contributed by atoms with Gasteiger partial charge in [-0.25, -0.2) is 9.07 Å². The summed E-state index contributed by atoms with van der Waals surface area (Å²) in [6.45, 7) is 2.66. The molecule has 2 heterocycles. The summed E-state index contributed by atoms with van der Waals surface area (Å²) in [6, 6.07) is 12.3. The second-order valence-corrected chi connectivity index (χ2v) is 6.88. The molecule has 1 aromatic heterocycles. The molecule has 0 N–H and O–H groups in total. The van der Waals surface area contributed by atoms with E-state index in [9.17, 15) is 9.18 Å². The Kier molecular flexibility index (Phi) is 4.66. The van der Waals surface area contributed by atoms with Gasteiger partial charge in [-0.2, -0.15) is 0 Å². The van der Waals surface area contributed by atoms with E-state index >= 15 is 0 Å². The van der Waals surface area contributed by atoms with Crippen LogP contribution >= 0.6 is 0 Å². The fourth-order valence-corrected chi connectivity index (χ4v) is 3.73. The molecule has 3 aromatic rings. The van der Waals surface area contributed by atoms with Crippen molar-refractivity contribution in [2.75, 3.05) is 6.54 Å². The highest BCUT2D eigenvalue weighted by Crippen LogP contribution is 2.25. The number of nitrogens with zero attached hydrogens (tertiary/aromatic N) is 5. The number of carbonyl (C=O) groups excluding carboxylic acids is 1. The van der Waals surface area contributed by atoms with Crippen LogP contribution in [0.25, 0.3) is 5.69 Å². The van der Waals surface area contributed by atoms with Crippen LogP contribution in [0, 0.1) is 12.7 Å². The SMILES string of the molecule is Cc1cc(C(=O)N2CCCC2Cc2cccc(F)c2)ccc1-n1cnnn1. The molecule has 1 aliphatic heterocycles. The molecule has 138 valence electrons. The van der Waals surface area contributed by atoms with Crippen LogP contribution in [0.5, 0.6) is 0 Å². The van der Waals surface area contributed by atoms with Gasteiger partial charge < -0.3 is 4.90 Å². The van der Waals surface area contributed by atoms with E-state index in [2.05, 4.69) is 15.5 Å². The van der Waals surface area contributed by atoms with Crippen LogP contribution < -0.4 is 0 Å². The lowest BCUT2D eigenvalue weighted by Gasteiger charge is -2.25. The van der Waals surface area contributed by atoms with Crippen molar-refractivity contribution in [3.05, 3.63) is 71.3 Å². The van der Waals surface area contributed by atoms with Crippen LogP contribution in [0.15, 0.2) is 48.8 Å². The average Bonchev–Trinajstić information content (AvgIpc) is 3.33. The lowest BCUT2D eigenvalue weighted by molar-refractivity contribution is 0.0736. The smallest absolute Gasteiger partial charge is 0.254 e. The van der Waals surface area contributed by atoms with Gasteiger partial charge in [-0.05, 0) is 78.1 Å². The van der Waals surface area contributed by atoms with Crippen molar-refractivity contribution in [2.45, 2.75) is 32.2 Å². The topological polar surface area (TPSA) is 63.9 Å². The molecule has 1 fully saturated rings. The molecular weight excluding hydrogens is 345 g/mol. The van der Waals surface area contributed by atoms with Crippen LogP contribution in [-0.4, -0.2) is 43.6 Å². The summed E-state index contributed by atoms with van der Waals surface area (Å²) >= 11 is 0. The molecule has 7 heteroatoms. The summed E-state index contributed by atoms with van der Waals surface area (Å²) < 4.78 is 15.0. The Labute approximate surface area is 156 Å². The average molecular weight is 365 g/mol. The van der Waals surface area contributed by atoms with Crippen molar-refractivity contribution in [2.24, 2.45) is 0 Å². The molecule has 1 saturated heterocycles. The first kappa shape index (κ1) is 17.3. The maximum atomic E-state index is 13.5. The minimum absolute atomic E-state index is 0.0141. The third kappa shape index (κ3) is 3.58. The molecule has 1 amide bonds. The zero-order valence-corrected chi connectivity index (χ0v) is 15.0. The van der Waals surface area contributed by atoms with E-state index in [0.29, 0.717) is 12.0 Å². The van der Waals surface area contributed by atoms with E-state index in [1.807, 2.05) is 36.1 Å². The molecule has 0 saturated carbocycles. The monoisotopic (exact) mass is 365 g/mol. The number of hydrogen-bond acceptors (Lipinski definition) is 4. The number of aryl methyl sites for hydroxylation is 1. The summed E-state index contributed by atoms with van der Waals surface area (Å²) in [7, 11) is 0. The van der Waals surface area contributed by atoms with Gasteiger partial charge in [-0.1, -0.05) is 12.1 Å². The predicted molar refractivity (Wildman–Crippen MR) is 98.1 cm³/mol. The van der Waals surface area contributed by atoms with Gasteiger partial charge in [-0.15, -0.1) is 5.10 Å². The van der Waals surface area contributed by atoms with E-state index in [0.717, 1.165) is 36.2 Å². The summed E-state index contributed by atoms with van der Waals surface area (Å²) in [5, 5.41) is 11.2. The fourth-order valence-electron chi connectivity index (χ4n) is 3.73. The van der Waals surface area contributed by atoms with E-state index in [1.54, 1.807) is 16.8 Å². The molecule has 0 bridgehead atoms. The number of hydrogen-bond donors (Lipinski definition) is 0. The molecule has 27 heavy (non-hydrogen) atoms. The Morgan fingerprint density at radius 3 is 2.89 bits per heavy atom. The third-order valence-electron chi connectivity index (χ3n) is 5.04. The molecule has 0 aliphatic carbocycles. The van der Waals surface area contributed by atoms with Crippen molar-refractivity contribution < 1.29 is 9.18 Å². The number of rotatable bonds is 4. The molecule has 1 aliphatic rings. The Morgan fingerprint density at radius 1 is 1.26 bits per heavy atom. The standard InChI is InChI=1S/C20H20FN5O/c1-14-10-16(7-8-19(14)26-13-22-23-24-26)20(27)25-9-3-6-18(25)12-15-4-2-5-17(21)11-15/h2,4-5,7-8,10-11,13,18H,3,6,9,12H2,1H3. The molecule has 1 unspecified atom stereocenters. The van der Waals surface area contributed by atoms with Gasteiger partial charge in [0.15, 0.2) is 0 Å². The van der Waals surface area contributed by atoms with Crippen molar-refractivity contribution in [3.63, 3.8) is 0 Å². The summed E-state index contributed by atoms with van der Waals surface area (Å²) in [4.78, 5) is 15.0. The maximum Gasteiger partial charge on any atom is 0.254 e. The van der Waals surface area contributed by atoms with Gasteiger partial charge in [0.2, 0.25) is 0 Å². The van der Waals surface area contributed by atoms with Crippen molar-refractivity contribution in [3.8, 4) is 5.69 Å². The Bertz CT molecular complexity index is 957. The lowest BCUT2D eigenvalue weighted by atomic mass is 10.0. The van der Waals surface area contributed by atoms with Crippen molar-refractivity contribution in [1.82, 2.24) is 25.1 Å². The highest BCUT2D eigenvalue weighted by Gasteiger charge is 2.29. The number of benzene rings is 2. The molecular formula is C20H20FN5O. The van der Waals surface area contributed by atoms with E-state index in [4.69, 9.17) is 0 Å². The Hall–Kier alpha value is -3.09. The Morgan fingerprint density at radius 2 is 2.15 bits per heavy atom. The highest BCUT2D eigenvalue weighted by molar-refractivity contribution is 5.95. The van der Waals surface area contributed by atoms with Crippen LogP contribution in [0.3, 0.4) is 0 Å². The van der Waals surface area contributed by atoms with Gasteiger partial charge >= 0.3 is 0 Å². The summed E-state index contributed by atoms with van der Waals surface area (Å²) in [5.41, 5.74) is 3.34. The van der Waals surface area contributed by atoms with Gasteiger partial charge in [0.25, 0.3) is 5.91 Å². The van der Waals surface area contributed by atoms with Crippen molar-refractivity contribution in [1.29, 1.82) is 0 Å². The number of tetrazole rings is 1. The number of amides is 1. The maximum absolute atomic E-state index is 13.5. The van der Waals surface area contributed by atoms with E-state index in [-0.39, 0.29) is 17.8 Å². The quantitative estimate of drug-likeness (QED) is 0.713. The van der Waals surface area contributed by atoms with E-state index < -0.39 is 0 Å². The molecule has 0 radical (unpaired) electrons. The minimum atomic E-state index is -0.239. The molecule has 0 spiro atoms. The van der Waals surface area contributed by atoms with Gasteiger partial charge in [0, 0.05) is 18.2 Å². The van der Waals surface area contributed by atoms with Gasteiger partial charge in [-0.3, -0.25) is 4.79 Å². The number of aromatic nitrogens is 4. The van der Waals surface area contributed by atoms with Gasteiger partial charge in [0.1, 0.15) is 12.1 Å². The van der Waals surface area contributed by atoms with Crippen LogP contribution in [0.1, 0.15) is 34.3 Å². The second-order valence-electron chi connectivity index (χ2n) is 6.88. The summed E-state index contributed by atoms with van der Waals surface area (Å²) in [6.07, 6.45) is 4.10. The van der Waals surface area contributed by atoms with Crippen LogP contribution in [0.2, 0.25) is 0 Å². The third-order valence-corrected chi connectivity index (χ3v) is 5.04. The second kappa shape index (κ2) is 7.26. The Balaban J connectivity index is 1.53. The first-order valence-corrected chi connectivity index (χ1v) is 9.01. The molecule has 2 aromatic carbocycles. The fraction of sp³-hybridized carbons (Fsp3) is 0.300. The first-order valence-electron chi connectivity index (χ1n) is 9.01. The first-order chi connectivity index (χ1) is 13.1. The van der Waals surface area contributed by atoms with Crippen LogP contribution in [0.4, 0.5) is 4.39 Å². The largest absolute Gasteiger partial charge is 0.335 e. The molecule has 4 rings (SSSR count). The predicted octanol–water partition coefficient (Wildman–Crippen LogP) is 2.96. The number of likely N-dealkylation sites (tertiary alicyclic amines) is 1. The number of carbonyl (C=O) groups is 1. The zero-order chi connectivity index (χ0) is 18.8. The van der Waals surface area contributed by atoms with Crippen molar-refractivity contribution >= 4 is 5.91 Å². The van der Waals surface area contributed by atoms with Crippen LogP contribution in [-0.2, 0) is 6.42 Å². The normalized spacial score (nSPS) is 16.7. The lowest BCUT2D eigenvalue weighted by Crippen LogP contribution is -2.36.